The lowest BCUT2D eigenvalue weighted by Crippen LogP contribution is -1.95. The van der Waals surface area contributed by atoms with Crippen LogP contribution >= 0.6 is 0 Å². The highest BCUT2D eigenvalue weighted by atomic mass is 16.6. The fraction of sp³-hybridized carbons (Fsp3) is 0.667. The van der Waals surface area contributed by atoms with Gasteiger partial charge in [0.05, 0.1) is 4.92 Å². The zero-order valence-electron chi connectivity index (χ0n) is 5.92. The molecule has 0 bridgehead atoms. The minimum absolute atomic E-state index is 0.227. The van der Waals surface area contributed by atoms with Crippen molar-refractivity contribution >= 4 is 0 Å². The van der Waals surface area contributed by atoms with E-state index in [2.05, 4.69) is 0 Å². The van der Waals surface area contributed by atoms with Crippen LogP contribution in [-0.4, -0.2) is 4.92 Å². The Balaban J connectivity index is 4.00. The number of hydrogen-bond acceptors (Lipinski definition) is 2. The molecular weight excluding hydrogens is 118 g/mol. The van der Waals surface area contributed by atoms with E-state index < -0.39 is 0 Å². The summed E-state index contributed by atoms with van der Waals surface area (Å²) in [5.41, 5.74) is 0.227. The number of nitrogens with zero attached hydrogens (tertiary/aromatic N) is 1. The van der Waals surface area contributed by atoms with Crippen molar-refractivity contribution < 1.29 is 4.92 Å². The fourth-order valence-electron chi connectivity index (χ4n) is 0.543. The van der Waals surface area contributed by atoms with E-state index in [9.17, 15) is 10.1 Å². The van der Waals surface area contributed by atoms with Gasteiger partial charge in [-0.2, -0.15) is 0 Å². The van der Waals surface area contributed by atoms with E-state index >= 15 is 0 Å². The average molecular weight is 129 g/mol. The van der Waals surface area contributed by atoms with Crippen LogP contribution in [-0.2, 0) is 0 Å². The highest BCUT2D eigenvalue weighted by Crippen LogP contribution is 2.00. The van der Waals surface area contributed by atoms with E-state index in [-0.39, 0.29) is 16.5 Å². The van der Waals surface area contributed by atoms with Gasteiger partial charge < -0.3 is 0 Å². The quantitative estimate of drug-likeness (QED) is 0.421. The molecule has 0 spiro atoms. The zero-order chi connectivity index (χ0) is 7.44. The minimum atomic E-state index is -0.375. The number of nitro groups is 1. The van der Waals surface area contributed by atoms with Crippen molar-refractivity contribution in [2.45, 2.75) is 20.8 Å². The summed E-state index contributed by atoms with van der Waals surface area (Å²) in [5, 5.41) is 9.97. The van der Waals surface area contributed by atoms with Gasteiger partial charge in [0.25, 0.3) is 0 Å². The third-order valence-electron chi connectivity index (χ3n) is 0.863. The Morgan fingerprint density at radius 3 is 2.22 bits per heavy atom. The first-order valence-corrected chi connectivity index (χ1v) is 2.87. The average Bonchev–Trinajstić information content (AvgIpc) is 1.63. The molecule has 0 N–H and O–H groups in total. The predicted octanol–water partition coefficient (Wildman–Crippen LogP) is 1.82. The molecule has 0 unspecified atom stereocenters. The maximum absolute atomic E-state index is 9.97. The van der Waals surface area contributed by atoms with Gasteiger partial charge in [0.1, 0.15) is 0 Å². The van der Waals surface area contributed by atoms with Gasteiger partial charge in [-0.25, -0.2) is 0 Å². The molecule has 0 rings (SSSR count). The number of hydrogen-bond donors (Lipinski definition) is 0. The topological polar surface area (TPSA) is 43.1 Å². The van der Waals surface area contributed by atoms with E-state index in [1.165, 1.54) is 6.92 Å². The fourth-order valence-corrected chi connectivity index (χ4v) is 0.543. The molecule has 0 saturated carbocycles. The van der Waals surface area contributed by atoms with Crippen LogP contribution < -0.4 is 0 Å². The van der Waals surface area contributed by atoms with E-state index in [0.717, 1.165) is 0 Å². The van der Waals surface area contributed by atoms with Crippen molar-refractivity contribution in [3.8, 4) is 0 Å². The molecule has 9 heavy (non-hydrogen) atoms. The first-order valence-electron chi connectivity index (χ1n) is 2.87. The van der Waals surface area contributed by atoms with E-state index in [1.54, 1.807) is 6.08 Å². The molecule has 0 fully saturated rings. The standard InChI is InChI=1S/C6H11NO2/c1-5(2)4-6(3)7(8)9/h4-5H,1-3H3. The molecule has 0 saturated heterocycles. The Bertz CT molecular complexity index is 138. The molecule has 3 heteroatoms. The van der Waals surface area contributed by atoms with Crippen LogP contribution in [0.15, 0.2) is 11.8 Å². The summed E-state index contributed by atoms with van der Waals surface area (Å²) in [5.74, 6) is 0.260. The van der Waals surface area contributed by atoms with Crippen LogP contribution in [0.4, 0.5) is 0 Å². The van der Waals surface area contributed by atoms with Crippen LogP contribution in [0.1, 0.15) is 20.8 Å². The van der Waals surface area contributed by atoms with Gasteiger partial charge in [0.15, 0.2) is 0 Å². The second-order valence-corrected chi connectivity index (χ2v) is 2.31. The number of rotatable bonds is 2. The summed E-state index contributed by atoms with van der Waals surface area (Å²) in [6, 6.07) is 0. The van der Waals surface area contributed by atoms with E-state index in [4.69, 9.17) is 0 Å². The Morgan fingerprint density at radius 2 is 2.11 bits per heavy atom. The molecule has 0 amide bonds. The van der Waals surface area contributed by atoms with Gasteiger partial charge in [-0.3, -0.25) is 10.1 Å². The zero-order valence-corrected chi connectivity index (χ0v) is 5.92. The van der Waals surface area contributed by atoms with Crippen molar-refractivity contribution in [1.82, 2.24) is 0 Å². The second kappa shape index (κ2) is 3.22. The van der Waals surface area contributed by atoms with Crippen molar-refractivity contribution in [2.75, 3.05) is 0 Å². The van der Waals surface area contributed by atoms with Gasteiger partial charge >= 0.3 is 0 Å². The maximum atomic E-state index is 9.97. The Kier molecular flexibility index (Phi) is 2.91. The predicted molar refractivity (Wildman–Crippen MR) is 35.6 cm³/mol. The van der Waals surface area contributed by atoms with Crippen molar-refractivity contribution in [2.24, 2.45) is 5.92 Å². The molecule has 0 heterocycles. The lowest BCUT2D eigenvalue weighted by molar-refractivity contribution is -0.424. The van der Waals surface area contributed by atoms with Gasteiger partial charge in [-0.05, 0) is 12.0 Å². The summed E-state index contributed by atoms with van der Waals surface area (Å²) >= 11 is 0. The molecule has 0 aromatic rings. The van der Waals surface area contributed by atoms with Crippen molar-refractivity contribution in [3.05, 3.63) is 21.9 Å². The Morgan fingerprint density at radius 1 is 1.67 bits per heavy atom. The molecule has 0 aliphatic heterocycles. The van der Waals surface area contributed by atoms with Gasteiger partial charge in [0, 0.05) is 6.92 Å². The molecular formula is C6H11NO2. The summed E-state index contributed by atoms with van der Waals surface area (Å²) in [6.45, 7) is 5.32. The van der Waals surface area contributed by atoms with E-state index in [0.29, 0.717) is 0 Å². The largest absolute Gasteiger partial charge is 0.259 e. The van der Waals surface area contributed by atoms with E-state index in [1.807, 2.05) is 13.8 Å². The third kappa shape index (κ3) is 3.70. The monoisotopic (exact) mass is 129 g/mol. The third-order valence-corrected chi connectivity index (χ3v) is 0.863. The van der Waals surface area contributed by atoms with Crippen LogP contribution in [0, 0.1) is 16.0 Å². The summed E-state index contributed by atoms with van der Waals surface area (Å²) in [6.07, 6.45) is 1.62. The molecule has 52 valence electrons. The molecule has 0 aromatic carbocycles. The summed E-state index contributed by atoms with van der Waals surface area (Å²) < 4.78 is 0. The molecule has 3 nitrogen and oxygen atoms in total. The maximum Gasteiger partial charge on any atom is 0.239 e. The van der Waals surface area contributed by atoms with Crippen LogP contribution in [0.2, 0.25) is 0 Å². The number of allylic oxidation sites excluding steroid dienone is 2. The molecule has 0 aromatic heterocycles. The molecule has 0 aliphatic rings. The summed E-state index contributed by atoms with van der Waals surface area (Å²) in [4.78, 5) is 9.60. The first kappa shape index (κ1) is 8.14. The smallest absolute Gasteiger partial charge is 0.239 e. The Hall–Kier alpha value is -0.860. The van der Waals surface area contributed by atoms with Crippen LogP contribution in [0.25, 0.3) is 0 Å². The normalized spacial score (nSPS) is 12.2. The molecule has 0 aliphatic carbocycles. The van der Waals surface area contributed by atoms with Gasteiger partial charge in [-0.15, -0.1) is 0 Å². The molecule has 0 atom stereocenters. The second-order valence-electron chi connectivity index (χ2n) is 2.31. The van der Waals surface area contributed by atoms with Crippen LogP contribution in [0.5, 0.6) is 0 Å². The van der Waals surface area contributed by atoms with Gasteiger partial charge in [0.2, 0.25) is 5.70 Å². The minimum Gasteiger partial charge on any atom is -0.259 e. The molecule has 0 radical (unpaired) electrons. The van der Waals surface area contributed by atoms with Crippen LogP contribution in [0.3, 0.4) is 0 Å². The first-order chi connectivity index (χ1) is 4.04. The lowest BCUT2D eigenvalue weighted by atomic mass is 10.2. The van der Waals surface area contributed by atoms with Crippen molar-refractivity contribution in [3.63, 3.8) is 0 Å². The Labute approximate surface area is 54.5 Å². The lowest BCUT2D eigenvalue weighted by Gasteiger charge is -1.92. The van der Waals surface area contributed by atoms with Gasteiger partial charge in [-0.1, -0.05) is 13.8 Å². The highest BCUT2D eigenvalue weighted by Gasteiger charge is 2.00. The summed E-state index contributed by atoms with van der Waals surface area (Å²) in [7, 11) is 0. The highest BCUT2D eigenvalue weighted by molar-refractivity contribution is 4.88. The SMILES string of the molecule is CC(=CC(C)C)[N+](=O)[O-]. The van der Waals surface area contributed by atoms with Crippen molar-refractivity contribution in [1.29, 1.82) is 0 Å².